The lowest BCUT2D eigenvalue weighted by Gasteiger charge is -2.33. The van der Waals surface area contributed by atoms with Crippen LogP contribution in [0.1, 0.15) is 5.56 Å². The average Bonchev–Trinajstić information content (AvgIpc) is 2.23. The molecular formula is C12H11BrN2O2. The largest absolute Gasteiger partial charge is 0.377 e. The molecule has 0 unspecified atom stereocenters. The van der Waals surface area contributed by atoms with Crippen molar-refractivity contribution in [2.75, 3.05) is 18.5 Å². The van der Waals surface area contributed by atoms with Crippen LogP contribution in [0.25, 0.3) is 0 Å². The van der Waals surface area contributed by atoms with Gasteiger partial charge in [-0.2, -0.15) is 5.26 Å². The molecule has 1 saturated heterocycles. The minimum Gasteiger partial charge on any atom is -0.377 e. The van der Waals surface area contributed by atoms with Crippen molar-refractivity contribution < 1.29 is 9.53 Å². The van der Waals surface area contributed by atoms with Crippen molar-refractivity contribution in [1.82, 2.24) is 0 Å². The predicted octanol–water partition coefficient (Wildman–Crippen LogP) is 2.24. The summed E-state index contributed by atoms with van der Waals surface area (Å²) in [7, 11) is 0. The van der Waals surface area contributed by atoms with E-state index < -0.39 is 5.41 Å². The number of aryl methyl sites for hydroxylation is 1. The summed E-state index contributed by atoms with van der Waals surface area (Å²) in [5.41, 5.74) is 0.648. The minimum atomic E-state index is -1.02. The molecule has 0 aromatic heterocycles. The summed E-state index contributed by atoms with van der Waals surface area (Å²) in [6, 6.07) is 7.64. The van der Waals surface area contributed by atoms with Crippen LogP contribution in [-0.2, 0) is 9.53 Å². The molecule has 88 valence electrons. The number of hydrogen-bond acceptors (Lipinski definition) is 3. The van der Waals surface area contributed by atoms with E-state index in [1.165, 1.54) is 0 Å². The van der Waals surface area contributed by atoms with Gasteiger partial charge < -0.3 is 10.1 Å². The predicted molar refractivity (Wildman–Crippen MR) is 66.4 cm³/mol. The van der Waals surface area contributed by atoms with Crippen molar-refractivity contribution in [1.29, 1.82) is 5.26 Å². The molecule has 5 heteroatoms. The number of anilines is 1. The Morgan fingerprint density at radius 2 is 2.29 bits per heavy atom. The van der Waals surface area contributed by atoms with Crippen LogP contribution < -0.4 is 5.32 Å². The van der Waals surface area contributed by atoms with Gasteiger partial charge >= 0.3 is 0 Å². The van der Waals surface area contributed by atoms with Crippen LogP contribution in [0.4, 0.5) is 5.69 Å². The molecule has 1 amide bonds. The summed E-state index contributed by atoms with van der Waals surface area (Å²) in [5.74, 6) is -0.299. The van der Waals surface area contributed by atoms with E-state index in [9.17, 15) is 4.79 Å². The van der Waals surface area contributed by atoms with E-state index in [1.54, 1.807) is 0 Å². The Bertz CT molecular complexity index is 504. The number of amides is 1. The first-order chi connectivity index (χ1) is 8.07. The number of rotatable bonds is 2. The number of hydrogen-bond donors (Lipinski definition) is 1. The summed E-state index contributed by atoms with van der Waals surface area (Å²) in [6.45, 7) is 2.24. The van der Waals surface area contributed by atoms with E-state index in [1.807, 2.05) is 31.2 Å². The van der Waals surface area contributed by atoms with Crippen molar-refractivity contribution >= 4 is 27.5 Å². The highest BCUT2D eigenvalue weighted by molar-refractivity contribution is 9.10. The van der Waals surface area contributed by atoms with Crippen LogP contribution in [0.15, 0.2) is 22.7 Å². The number of nitrogens with zero attached hydrogens (tertiary/aromatic N) is 1. The third kappa shape index (κ3) is 2.19. The number of carbonyl (C=O) groups is 1. The van der Waals surface area contributed by atoms with E-state index in [-0.39, 0.29) is 19.1 Å². The molecule has 1 aromatic rings. The maximum absolute atomic E-state index is 12.0. The molecule has 0 spiro atoms. The van der Waals surface area contributed by atoms with Gasteiger partial charge in [-0.1, -0.05) is 22.0 Å². The normalized spacial score (nSPS) is 16.8. The van der Waals surface area contributed by atoms with Gasteiger partial charge in [0, 0.05) is 10.2 Å². The molecule has 0 atom stereocenters. The van der Waals surface area contributed by atoms with Gasteiger partial charge in [-0.15, -0.1) is 0 Å². The van der Waals surface area contributed by atoms with Gasteiger partial charge in [-0.05, 0) is 24.6 Å². The molecule has 0 aliphatic carbocycles. The van der Waals surface area contributed by atoms with Crippen LogP contribution in [0, 0.1) is 23.7 Å². The standard InChI is InChI=1S/C12H11BrN2O2/c1-8-2-3-9(13)4-10(8)15-11(16)12(5-14)6-17-7-12/h2-4H,6-7H2,1H3,(H,15,16). The SMILES string of the molecule is Cc1ccc(Br)cc1NC(=O)C1(C#N)COC1. The molecule has 4 nitrogen and oxygen atoms in total. The van der Waals surface area contributed by atoms with Crippen LogP contribution in [-0.4, -0.2) is 19.1 Å². The molecule has 1 aliphatic heterocycles. The topological polar surface area (TPSA) is 62.1 Å². The molecule has 1 aliphatic rings. The van der Waals surface area contributed by atoms with Crippen molar-refractivity contribution in [3.63, 3.8) is 0 Å². The number of nitrogens with one attached hydrogen (secondary N) is 1. The van der Waals surface area contributed by atoms with Crippen LogP contribution in [0.2, 0.25) is 0 Å². The first kappa shape index (κ1) is 12.1. The molecule has 0 bridgehead atoms. The second-order valence-electron chi connectivity index (χ2n) is 4.10. The fourth-order valence-corrected chi connectivity index (χ4v) is 1.88. The molecule has 1 fully saturated rings. The number of ether oxygens (including phenoxy) is 1. The third-order valence-corrected chi connectivity index (χ3v) is 3.29. The average molecular weight is 295 g/mol. The lowest BCUT2D eigenvalue weighted by Crippen LogP contribution is -2.50. The molecule has 0 saturated carbocycles. The number of benzene rings is 1. The van der Waals surface area contributed by atoms with Gasteiger partial charge in [0.2, 0.25) is 5.91 Å². The fraction of sp³-hybridized carbons (Fsp3) is 0.333. The lowest BCUT2D eigenvalue weighted by atomic mass is 9.86. The van der Waals surface area contributed by atoms with Crippen LogP contribution in [0.5, 0.6) is 0 Å². The zero-order valence-corrected chi connectivity index (χ0v) is 10.9. The Morgan fingerprint density at radius 1 is 1.59 bits per heavy atom. The number of halogens is 1. The second kappa shape index (κ2) is 4.47. The molecule has 1 aromatic carbocycles. The van der Waals surface area contributed by atoms with Gasteiger partial charge in [0.05, 0.1) is 19.3 Å². The summed E-state index contributed by atoms with van der Waals surface area (Å²) in [4.78, 5) is 12.0. The zero-order valence-electron chi connectivity index (χ0n) is 9.29. The molecular weight excluding hydrogens is 284 g/mol. The van der Waals surface area contributed by atoms with E-state index in [2.05, 4.69) is 21.2 Å². The number of nitriles is 1. The van der Waals surface area contributed by atoms with Crippen LogP contribution >= 0.6 is 15.9 Å². The van der Waals surface area contributed by atoms with E-state index >= 15 is 0 Å². The number of carbonyl (C=O) groups excluding carboxylic acids is 1. The Morgan fingerprint density at radius 3 is 2.82 bits per heavy atom. The minimum absolute atomic E-state index is 0.169. The van der Waals surface area contributed by atoms with Gasteiger partial charge in [0.15, 0.2) is 5.41 Å². The van der Waals surface area contributed by atoms with Crippen molar-refractivity contribution in [2.45, 2.75) is 6.92 Å². The monoisotopic (exact) mass is 294 g/mol. The Labute approximate surface area is 108 Å². The van der Waals surface area contributed by atoms with Gasteiger partial charge in [0.1, 0.15) is 0 Å². The Balaban J connectivity index is 2.19. The molecule has 2 rings (SSSR count). The molecule has 1 heterocycles. The second-order valence-corrected chi connectivity index (χ2v) is 5.02. The summed E-state index contributed by atoms with van der Waals surface area (Å²) < 4.78 is 5.83. The lowest BCUT2D eigenvalue weighted by molar-refractivity contribution is -0.144. The fourth-order valence-electron chi connectivity index (χ4n) is 1.52. The molecule has 1 N–H and O–H groups in total. The molecule has 17 heavy (non-hydrogen) atoms. The smallest absolute Gasteiger partial charge is 0.249 e. The van der Waals surface area contributed by atoms with E-state index in [0.29, 0.717) is 5.69 Å². The van der Waals surface area contributed by atoms with E-state index in [4.69, 9.17) is 10.00 Å². The summed E-state index contributed by atoms with van der Waals surface area (Å²) in [6.07, 6.45) is 0. The van der Waals surface area contributed by atoms with Gasteiger partial charge in [-0.25, -0.2) is 0 Å². The van der Waals surface area contributed by atoms with Crippen molar-refractivity contribution in [3.05, 3.63) is 28.2 Å². The maximum Gasteiger partial charge on any atom is 0.249 e. The summed E-state index contributed by atoms with van der Waals surface area (Å²) >= 11 is 3.34. The Kier molecular flexibility index (Phi) is 3.18. The van der Waals surface area contributed by atoms with Gasteiger partial charge in [0.25, 0.3) is 0 Å². The quantitative estimate of drug-likeness (QED) is 0.910. The van der Waals surface area contributed by atoms with E-state index in [0.717, 1.165) is 10.0 Å². The highest BCUT2D eigenvalue weighted by Gasteiger charge is 2.46. The first-order valence-corrected chi connectivity index (χ1v) is 5.93. The maximum atomic E-state index is 12.0. The van der Waals surface area contributed by atoms with Crippen molar-refractivity contribution in [2.24, 2.45) is 5.41 Å². The third-order valence-electron chi connectivity index (χ3n) is 2.79. The zero-order chi connectivity index (χ0) is 12.5. The highest BCUT2D eigenvalue weighted by Crippen LogP contribution is 2.29. The Hall–Kier alpha value is -1.38. The summed E-state index contributed by atoms with van der Waals surface area (Å²) in [5, 5.41) is 11.8. The van der Waals surface area contributed by atoms with Crippen molar-refractivity contribution in [3.8, 4) is 6.07 Å². The highest BCUT2D eigenvalue weighted by atomic mass is 79.9. The van der Waals surface area contributed by atoms with Crippen LogP contribution in [0.3, 0.4) is 0 Å². The molecule has 0 radical (unpaired) electrons. The first-order valence-electron chi connectivity index (χ1n) is 5.14. The van der Waals surface area contributed by atoms with Gasteiger partial charge in [-0.3, -0.25) is 4.79 Å².